The lowest BCUT2D eigenvalue weighted by Gasteiger charge is -2.25. The number of tetrazole rings is 1. The molecular weight excluding hydrogens is 329 g/mol. The van der Waals surface area contributed by atoms with Crippen LogP contribution < -0.4 is 4.90 Å². The fraction of sp³-hybridized carbons (Fsp3) is 0.333. The van der Waals surface area contributed by atoms with Crippen molar-refractivity contribution >= 4 is 27.8 Å². The number of hydrogen-bond donors (Lipinski definition) is 0. The van der Waals surface area contributed by atoms with Gasteiger partial charge in [0.15, 0.2) is 0 Å². The molecule has 6 nitrogen and oxygen atoms in total. The Bertz CT molecular complexity index is 686. The van der Waals surface area contributed by atoms with E-state index in [2.05, 4.69) is 31.5 Å². The van der Waals surface area contributed by atoms with Crippen LogP contribution in [0.1, 0.15) is 22.3 Å². The van der Waals surface area contributed by atoms with Crippen molar-refractivity contribution in [3.63, 3.8) is 0 Å². The maximum atomic E-state index is 14.2. The normalized spacial score (nSPS) is 14.2. The third-order valence-corrected chi connectivity index (χ3v) is 4.16. The van der Waals surface area contributed by atoms with E-state index in [0.717, 1.165) is 6.42 Å². The van der Waals surface area contributed by atoms with Crippen LogP contribution in [0.2, 0.25) is 0 Å². The first-order valence-electron chi connectivity index (χ1n) is 6.12. The van der Waals surface area contributed by atoms with Crippen molar-refractivity contribution in [3.8, 4) is 0 Å². The third kappa shape index (κ3) is 2.00. The lowest BCUT2D eigenvalue weighted by molar-refractivity contribution is 0.0976. The molecule has 0 spiro atoms. The molecule has 0 unspecified atom stereocenters. The first-order valence-corrected chi connectivity index (χ1v) is 6.91. The number of hydrogen-bond acceptors (Lipinski definition) is 4. The van der Waals surface area contributed by atoms with E-state index in [9.17, 15) is 9.18 Å². The predicted octanol–water partition coefficient (Wildman–Crippen LogP) is 1.93. The maximum absolute atomic E-state index is 14.2. The van der Waals surface area contributed by atoms with Gasteiger partial charge in [-0.15, -0.1) is 0 Å². The molecular formula is C12H11BrFN5O. The van der Waals surface area contributed by atoms with Gasteiger partial charge < -0.3 is 0 Å². The van der Waals surface area contributed by atoms with Crippen LogP contribution in [-0.2, 0) is 6.54 Å². The molecule has 1 amide bonds. The number of nitrogens with zero attached hydrogens (tertiary/aromatic N) is 5. The van der Waals surface area contributed by atoms with Crippen LogP contribution in [0.5, 0.6) is 0 Å². The largest absolute Gasteiger partial charge is 0.275 e. The van der Waals surface area contributed by atoms with Gasteiger partial charge in [-0.05, 0) is 41.5 Å². The van der Waals surface area contributed by atoms with Crippen molar-refractivity contribution in [2.45, 2.75) is 19.9 Å². The number of anilines is 1. The average molecular weight is 340 g/mol. The van der Waals surface area contributed by atoms with Gasteiger partial charge in [0.1, 0.15) is 5.82 Å². The fourth-order valence-electron chi connectivity index (χ4n) is 2.18. The number of rotatable bonds is 1. The van der Waals surface area contributed by atoms with Crippen molar-refractivity contribution < 1.29 is 9.18 Å². The second-order valence-corrected chi connectivity index (χ2v) is 5.40. The molecule has 0 saturated heterocycles. The predicted molar refractivity (Wildman–Crippen MR) is 72.9 cm³/mol. The molecule has 104 valence electrons. The van der Waals surface area contributed by atoms with E-state index >= 15 is 0 Å². The lowest BCUT2D eigenvalue weighted by Crippen LogP contribution is -2.38. The Kier molecular flexibility index (Phi) is 3.25. The minimum atomic E-state index is -0.519. The number of carbonyl (C=O) groups excluding carboxylic acids is 1. The van der Waals surface area contributed by atoms with Crippen molar-refractivity contribution in [2.24, 2.45) is 0 Å². The molecule has 0 radical (unpaired) electrons. The monoisotopic (exact) mass is 339 g/mol. The zero-order chi connectivity index (χ0) is 14.3. The van der Waals surface area contributed by atoms with Gasteiger partial charge in [-0.3, -0.25) is 9.69 Å². The average Bonchev–Trinajstić information content (AvgIpc) is 2.92. The molecule has 0 N–H and O–H groups in total. The molecule has 3 rings (SSSR count). The summed E-state index contributed by atoms with van der Waals surface area (Å²) < 4.78 is 16.4. The van der Waals surface area contributed by atoms with Crippen molar-refractivity contribution in [1.82, 2.24) is 20.2 Å². The first-order chi connectivity index (χ1) is 9.59. The van der Waals surface area contributed by atoms with Crippen LogP contribution in [0, 0.1) is 12.7 Å². The van der Waals surface area contributed by atoms with Gasteiger partial charge in [0, 0.05) is 17.6 Å². The Balaban J connectivity index is 2.01. The molecule has 0 bridgehead atoms. The summed E-state index contributed by atoms with van der Waals surface area (Å²) in [7, 11) is 0. The maximum Gasteiger partial charge on any atom is 0.263 e. The zero-order valence-corrected chi connectivity index (χ0v) is 12.3. The SMILES string of the molecule is Cc1c(Br)ccc(C(=O)N2CCCn3nnnc32)c1F. The Morgan fingerprint density at radius 1 is 1.40 bits per heavy atom. The summed E-state index contributed by atoms with van der Waals surface area (Å²) in [6.45, 7) is 2.76. The fourth-order valence-corrected chi connectivity index (χ4v) is 2.49. The van der Waals surface area contributed by atoms with E-state index in [-0.39, 0.29) is 5.56 Å². The third-order valence-electron chi connectivity index (χ3n) is 3.30. The summed E-state index contributed by atoms with van der Waals surface area (Å²) in [6.07, 6.45) is 0.737. The number of aryl methyl sites for hydroxylation is 1. The van der Waals surface area contributed by atoms with Gasteiger partial charge in [-0.1, -0.05) is 21.0 Å². The molecule has 20 heavy (non-hydrogen) atoms. The molecule has 8 heteroatoms. The van der Waals surface area contributed by atoms with Crippen molar-refractivity contribution in [1.29, 1.82) is 0 Å². The lowest BCUT2D eigenvalue weighted by atomic mass is 10.1. The Morgan fingerprint density at radius 3 is 3.00 bits per heavy atom. The smallest absolute Gasteiger partial charge is 0.263 e. The molecule has 1 aromatic carbocycles. The topological polar surface area (TPSA) is 63.9 Å². The highest BCUT2D eigenvalue weighted by molar-refractivity contribution is 9.10. The second kappa shape index (κ2) is 4.93. The van der Waals surface area contributed by atoms with Gasteiger partial charge in [0.25, 0.3) is 11.9 Å². The second-order valence-electron chi connectivity index (χ2n) is 4.55. The number of halogens is 2. The van der Waals surface area contributed by atoms with E-state index < -0.39 is 11.7 Å². The van der Waals surface area contributed by atoms with Crippen molar-refractivity contribution in [2.75, 3.05) is 11.4 Å². The summed E-state index contributed by atoms with van der Waals surface area (Å²) in [6, 6.07) is 3.13. The number of carbonyl (C=O) groups is 1. The molecule has 1 aromatic heterocycles. The first kappa shape index (κ1) is 13.2. The number of aromatic nitrogens is 4. The minimum Gasteiger partial charge on any atom is -0.275 e. The zero-order valence-electron chi connectivity index (χ0n) is 10.7. The Morgan fingerprint density at radius 2 is 2.20 bits per heavy atom. The molecule has 1 aliphatic heterocycles. The highest BCUT2D eigenvalue weighted by atomic mass is 79.9. The standard InChI is InChI=1S/C12H11BrFN5O/c1-7-9(13)4-3-8(10(7)14)11(20)18-5-2-6-19-12(18)15-16-17-19/h3-4H,2,5-6H2,1H3. The molecule has 0 saturated carbocycles. The van der Waals surface area contributed by atoms with Gasteiger partial charge in [0.05, 0.1) is 5.56 Å². The van der Waals surface area contributed by atoms with Crippen LogP contribution in [0.4, 0.5) is 10.3 Å². The summed E-state index contributed by atoms with van der Waals surface area (Å²) in [5, 5.41) is 11.2. The number of fused-ring (bicyclic) bond motifs is 1. The van der Waals surface area contributed by atoms with E-state index in [1.165, 1.54) is 11.0 Å². The summed E-state index contributed by atoms with van der Waals surface area (Å²) in [4.78, 5) is 13.9. The highest BCUT2D eigenvalue weighted by Crippen LogP contribution is 2.25. The quantitative estimate of drug-likeness (QED) is 0.796. The van der Waals surface area contributed by atoms with E-state index in [1.54, 1.807) is 17.7 Å². The van der Waals surface area contributed by atoms with Crippen LogP contribution in [0.3, 0.4) is 0 Å². The summed E-state index contributed by atoms with van der Waals surface area (Å²) in [5.74, 6) is -0.580. The van der Waals surface area contributed by atoms with Crippen molar-refractivity contribution in [3.05, 3.63) is 33.5 Å². The number of amides is 1. The molecule has 0 aliphatic carbocycles. The molecule has 2 heterocycles. The van der Waals surface area contributed by atoms with E-state index in [4.69, 9.17) is 0 Å². The van der Waals surface area contributed by atoms with E-state index in [1.807, 2.05) is 0 Å². The minimum absolute atomic E-state index is 0.0298. The van der Waals surface area contributed by atoms with Gasteiger partial charge in [0.2, 0.25) is 0 Å². The number of benzene rings is 1. The van der Waals surface area contributed by atoms with Crippen LogP contribution in [0.15, 0.2) is 16.6 Å². The Labute approximate surface area is 122 Å². The van der Waals surface area contributed by atoms with E-state index in [0.29, 0.717) is 29.1 Å². The van der Waals surface area contributed by atoms with Crippen LogP contribution in [0.25, 0.3) is 0 Å². The van der Waals surface area contributed by atoms with Crippen LogP contribution >= 0.6 is 15.9 Å². The van der Waals surface area contributed by atoms with Gasteiger partial charge >= 0.3 is 0 Å². The molecule has 0 fully saturated rings. The molecule has 0 atom stereocenters. The van der Waals surface area contributed by atoms with Gasteiger partial charge in [-0.25, -0.2) is 9.07 Å². The highest BCUT2D eigenvalue weighted by Gasteiger charge is 2.28. The molecule has 1 aliphatic rings. The summed E-state index contributed by atoms with van der Waals surface area (Å²) >= 11 is 3.24. The molecule has 2 aromatic rings. The summed E-state index contributed by atoms with van der Waals surface area (Å²) in [5.41, 5.74) is 0.439. The van der Waals surface area contributed by atoms with Crippen LogP contribution in [-0.4, -0.2) is 32.7 Å². The Hall–Kier alpha value is -1.83. The van der Waals surface area contributed by atoms with Gasteiger partial charge in [-0.2, -0.15) is 0 Å².